The van der Waals surface area contributed by atoms with Crippen LogP contribution >= 0.6 is 0 Å². The zero-order valence-electron chi connectivity index (χ0n) is 19.6. The number of esters is 2. The van der Waals surface area contributed by atoms with Gasteiger partial charge in [0.1, 0.15) is 28.9 Å². The third kappa shape index (κ3) is 5.05. The van der Waals surface area contributed by atoms with Crippen molar-refractivity contribution in [1.82, 2.24) is 0 Å². The summed E-state index contributed by atoms with van der Waals surface area (Å²) in [5.41, 5.74) is 8.88. The van der Waals surface area contributed by atoms with Gasteiger partial charge < -0.3 is 24.7 Å². The fourth-order valence-corrected chi connectivity index (χ4v) is 3.80. The van der Waals surface area contributed by atoms with Gasteiger partial charge in [-0.3, -0.25) is 0 Å². The SMILES string of the molecule is COC(=O)c1ccc(C2C(C#N)=C(N)Oc3cc(OC(=O)/C=C/c4ccc(OC)cc4)ccc32)cc1. The highest BCUT2D eigenvalue weighted by molar-refractivity contribution is 5.89. The van der Waals surface area contributed by atoms with Gasteiger partial charge >= 0.3 is 11.9 Å². The minimum absolute atomic E-state index is 0.0464. The van der Waals surface area contributed by atoms with Gasteiger partial charge in [-0.05, 0) is 47.5 Å². The van der Waals surface area contributed by atoms with Crippen LogP contribution in [0.5, 0.6) is 17.2 Å². The minimum Gasteiger partial charge on any atom is -0.497 e. The van der Waals surface area contributed by atoms with Gasteiger partial charge in [0, 0.05) is 17.7 Å². The van der Waals surface area contributed by atoms with E-state index < -0.39 is 17.9 Å². The molecule has 0 aliphatic carbocycles. The summed E-state index contributed by atoms with van der Waals surface area (Å²) in [6, 6.07) is 20.9. The summed E-state index contributed by atoms with van der Waals surface area (Å²) in [5, 5.41) is 9.73. The second kappa shape index (κ2) is 10.5. The van der Waals surface area contributed by atoms with Gasteiger partial charge in [0.2, 0.25) is 5.88 Å². The fraction of sp³-hybridized carbons (Fsp3) is 0.107. The lowest BCUT2D eigenvalue weighted by Crippen LogP contribution is -2.21. The molecule has 1 unspecified atom stereocenters. The summed E-state index contributed by atoms with van der Waals surface area (Å²) >= 11 is 0. The normalized spacial score (nSPS) is 14.4. The molecular weight excluding hydrogens is 460 g/mol. The number of hydrogen-bond donors (Lipinski definition) is 1. The Labute approximate surface area is 207 Å². The van der Waals surface area contributed by atoms with Crippen LogP contribution in [0, 0.1) is 11.3 Å². The molecule has 0 saturated carbocycles. The fourth-order valence-electron chi connectivity index (χ4n) is 3.80. The molecule has 180 valence electrons. The average Bonchev–Trinajstić information content (AvgIpc) is 2.91. The molecule has 1 heterocycles. The highest BCUT2D eigenvalue weighted by Crippen LogP contribution is 2.43. The lowest BCUT2D eigenvalue weighted by atomic mass is 9.83. The van der Waals surface area contributed by atoms with E-state index in [2.05, 4.69) is 6.07 Å². The zero-order valence-corrected chi connectivity index (χ0v) is 19.6. The molecule has 1 aliphatic heterocycles. The molecule has 3 aromatic rings. The Kier molecular flexibility index (Phi) is 7.02. The van der Waals surface area contributed by atoms with Crippen LogP contribution in [0.2, 0.25) is 0 Å². The van der Waals surface area contributed by atoms with Crippen molar-refractivity contribution in [1.29, 1.82) is 5.26 Å². The van der Waals surface area contributed by atoms with E-state index in [0.29, 0.717) is 16.9 Å². The predicted octanol–water partition coefficient (Wildman–Crippen LogP) is 4.32. The van der Waals surface area contributed by atoms with Gasteiger partial charge in [0.15, 0.2) is 0 Å². The third-order valence-electron chi connectivity index (χ3n) is 5.60. The molecule has 0 amide bonds. The molecule has 3 aromatic carbocycles. The van der Waals surface area contributed by atoms with Gasteiger partial charge in [0.25, 0.3) is 0 Å². The number of nitrogens with two attached hydrogens (primary N) is 1. The van der Waals surface area contributed by atoms with Crippen molar-refractivity contribution in [2.75, 3.05) is 14.2 Å². The van der Waals surface area contributed by atoms with E-state index in [1.54, 1.807) is 67.8 Å². The van der Waals surface area contributed by atoms with Crippen molar-refractivity contribution in [3.63, 3.8) is 0 Å². The Morgan fingerprint density at radius 3 is 2.33 bits per heavy atom. The Balaban J connectivity index is 1.57. The van der Waals surface area contributed by atoms with Crippen LogP contribution in [-0.4, -0.2) is 26.2 Å². The second-order valence-corrected chi connectivity index (χ2v) is 7.77. The number of nitrogens with zero attached hydrogens (tertiary/aromatic N) is 1. The molecule has 0 radical (unpaired) electrons. The molecule has 0 bridgehead atoms. The molecule has 0 aromatic heterocycles. The summed E-state index contributed by atoms with van der Waals surface area (Å²) in [6.07, 6.45) is 2.94. The summed E-state index contributed by atoms with van der Waals surface area (Å²) in [6.45, 7) is 0. The van der Waals surface area contributed by atoms with E-state index in [1.165, 1.54) is 13.2 Å². The Hall–Kier alpha value is -5.03. The van der Waals surface area contributed by atoms with Crippen molar-refractivity contribution < 1.29 is 28.5 Å². The van der Waals surface area contributed by atoms with Gasteiger partial charge in [-0.2, -0.15) is 5.26 Å². The van der Waals surface area contributed by atoms with Crippen molar-refractivity contribution >= 4 is 18.0 Å². The van der Waals surface area contributed by atoms with Gasteiger partial charge in [-0.1, -0.05) is 30.3 Å². The van der Waals surface area contributed by atoms with Gasteiger partial charge in [0.05, 0.1) is 25.7 Å². The van der Waals surface area contributed by atoms with E-state index >= 15 is 0 Å². The first-order valence-electron chi connectivity index (χ1n) is 10.9. The first-order chi connectivity index (χ1) is 17.4. The van der Waals surface area contributed by atoms with Crippen LogP contribution in [-0.2, 0) is 9.53 Å². The van der Waals surface area contributed by atoms with E-state index in [-0.39, 0.29) is 17.2 Å². The standard InChI is InChI=1S/C28H22N2O6/c1-33-20-10-3-17(4-11-20)5-14-25(31)35-21-12-13-22-24(15-21)36-27(30)23(16-29)26(22)18-6-8-19(9-7-18)28(32)34-2/h3-15,26H,30H2,1-2H3/b14-5+. The summed E-state index contributed by atoms with van der Waals surface area (Å²) in [5.74, 6) is -0.270. The largest absolute Gasteiger partial charge is 0.497 e. The molecule has 36 heavy (non-hydrogen) atoms. The van der Waals surface area contributed by atoms with Crippen molar-refractivity contribution in [2.45, 2.75) is 5.92 Å². The predicted molar refractivity (Wildman–Crippen MR) is 131 cm³/mol. The zero-order chi connectivity index (χ0) is 25.7. The number of rotatable bonds is 6. The number of carbonyl (C=O) groups is 2. The molecule has 4 rings (SSSR count). The topological polar surface area (TPSA) is 121 Å². The Bertz CT molecular complexity index is 1400. The van der Waals surface area contributed by atoms with Crippen LogP contribution in [0.25, 0.3) is 6.08 Å². The van der Waals surface area contributed by atoms with Crippen LogP contribution in [0.15, 0.2) is 84.3 Å². The minimum atomic E-state index is -0.572. The van der Waals surface area contributed by atoms with E-state index in [0.717, 1.165) is 16.9 Å². The number of fused-ring (bicyclic) bond motifs is 1. The van der Waals surface area contributed by atoms with Crippen molar-refractivity contribution in [2.24, 2.45) is 5.73 Å². The monoisotopic (exact) mass is 482 g/mol. The number of carbonyl (C=O) groups excluding carboxylic acids is 2. The Morgan fingerprint density at radius 2 is 1.69 bits per heavy atom. The number of hydrogen-bond acceptors (Lipinski definition) is 8. The quantitative estimate of drug-likeness (QED) is 0.313. The summed E-state index contributed by atoms with van der Waals surface area (Å²) in [4.78, 5) is 24.1. The maximum absolute atomic E-state index is 12.3. The maximum Gasteiger partial charge on any atom is 0.337 e. The number of methoxy groups -OCH3 is 2. The van der Waals surface area contributed by atoms with Crippen LogP contribution in [0.4, 0.5) is 0 Å². The summed E-state index contributed by atoms with van der Waals surface area (Å²) < 4.78 is 21.0. The molecule has 8 nitrogen and oxygen atoms in total. The van der Waals surface area contributed by atoms with E-state index in [9.17, 15) is 14.9 Å². The third-order valence-corrected chi connectivity index (χ3v) is 5.60. The highest BCUT2D eigenvalue weighted by atomic mass is 16.5. The van der Waals surface area contributed by atoms with Crippen LogP contribution in [0.3, 0.4) is 0 Å². The van der Waals surface area contributed by atoms with Crippen LogP contribution in [0.1, 0.15) is 33.0 Å². The molecule has 0 fully saturated rings. The second-order valence-electron chi connectivity index (χ2n) is 7.77. The number of nitriles is 1. The van der Waals surface area contributed by atoms with Gasteiger partial charge in [-0.15, -0.1) is 0 Å². The average molecular weight is 482 g/mol. The first kappa shape index (κ1) is 24.1. The molecule has 0 saturated heterocycles. The van der Waals surface area contributed by atoms with Crippen molar-refractivity contribution in [3.8, 4) is 23.3 Å². The molecule has 2 N–H and O–H groups in total. The highest BCUT2D eigenvalue weighted by Gasteiger charge is 2.31. The number of benzene rings is 3. The lowest BCUT2D eigenvalue weighted by Gasteiger charge is -2.26. The van der Waals surface area contributed by atoms with E-state index in [1.807, 2.05) is 12.1 Å². The van der Waals surface area contributed by atoms with Crippen molar-refractivity contribution in [3.05, 3.63) is 107 Å². The lowest BCUT2D eigenvalue weighted by molar-refractivity contribution is -0.128. The molecule has 1 aliphatic rings. The molecule has 0 spiro atoms. The molecule has 8 heteroatoms. The first-order valence-corrected chi connectivity index (χ1v) is 10.9. The Morgan fingerprint density at radius 1 is 1.00 bits per heavy atom. The maximum atomic E-state index is 12.3. The van der Waals surface area contributed by atoms with Crippen LogP contribution < -0.4 is 19.9 Å². The number of allylic oxidation sites excluding steroid dienone is 1. The summed E-state index contributed by atoms with van der Waals surface area (Å²) in [7, 11) is 2.89. The molecule has 1 atom stereocenters. The smallest absolute Gasteiger partial charge is 0.337 e. The van der Waals surface area contributed by atoms with Gasteiger partial charge in [-0.25, -0.2) is 9.59 Å². The van der Waals surface area contributed by atoms with E-state index in [4.69, 9.17) is 24.7 Å². The molecular formula is C28H22N2O6. The number of ether oxygens (including phenoxy) is 4.